The molecule has 0 radical (unpaired) electrons. The number of hydrogen-bond acceptors (Lipinski definition) is 15. The van der Waals surface area contributed by atoms with Crippen molar-refractivity contribution < 1.29 is 46.2 Å². The smallest absolute Gasteiger partial charge is 0.413 e. The minimum Gasteiger partial charge on any atom is -0.444 e. The van der Waals surface area contributed by atoms with Gasteiger partial charge in [0.1, 0.15) is 17.2 Å². The normalized spacial score (nSPS) is 11.6. The van der Waals surface area contributed by atoms with Crippen molar-refractivity contribution >= 4 is 82.4 Å². The number of anilines is 4. The van der Waals surface area contributed by atoms with Gasteiger partial charge in [-0.05, 0) is 116 Å². The molecule has 73 heavy (non-hydrogen) atoms. The topological polar surface area (TPSA) is 265 Å². The van der Waals surface area contributed by atoms with Crippen molar-refractivity contribution in [3.63, 3.8) is 0 Å². The second kappa shape index (κ2) is 22.1. The average molecular weight is 1030 g/mol. The van der Waals surface area contributed by atoms with Gasteiger partial charge in [-0.25, -0.2) is 31.6 Å². The molecule has 18 nitrogen and oxygen atoms in total. The van der Waals surface area contributed by atoms with Crippen LogP contribution in [0, 0.1) is 0 Å². The van der Waals surface area contributed by atoms with Gasteiger partial charge in [0.15, 0.2) is 19.7 Å². The van der Waals surface area contributed by atoms with Crippen LogP contribution in [0.3, 0.4) is 0 Å². The predicted octanol–water partition coefficient (Wildman–Crippen LogP) is 7.67. The van der Waals surface area contributed by atoms with Crippen LogP contribution in [0.25, 0.3) is 21.8 Å². The molecular formula is C53H52N8O10S2. The quantitative estimate of drug-likeness (QED) is 0.0863. The lowest BCUT2D eigenvalue weighted by Gasteiger charge is -2.25. The molecule has 20 heteroatoms. The van der Waals surface area contributed by atoms with Gasteiger partial charge in [0, 0.05) is 48.1 Å². The van der Waals surface area contributed by atoms with Crippen LogP contribution in [0.1, 0.15) is 63.7 Å². The Bertz CT molecular complexity index is 3580. The number of carbonyl (C=O) groups is 3. The van der Waals surface area contributed by atoms with Crippen molar-refractivity contribution in [1.29, 1.82) is 0 Å². The predicted molar refractivity (Wildman–Crippen MR) is 278 cm³/mol. The number of para-hydroxylation sites is 2. The molecule has 5 N–H and O–H groups in total. The second-order valence-electron chi connectivity index (χ2n) is 17.8. The third kappa shape index (κ3) is 13.0. The monoisotopic (exact) mass is 1020 g/mol. The number of amides is 3. The van der Waals surface area contributed by atoms with E-state index in [1.165, 1.54) is 34.3 Å². The molecule has 8 rings (SSSR count). The van der Waals surface area contributed by atoms with Crippen LogP contribution in [0.15, 0.2) is 156 Å². The number of aromatic nitrogens is 4. The first kappa shape index (κ1) is 52.6. The number of nitrogen functional groups attached to an aromatic ring is 1. The summed E-state index contributed by atoms with van der Waals surface area (Å²) in [4.78, 5) is 59.2. The molecule has 4 aromatic carbocycles. The lowest BCUT2D eigenvalue weighted by molar-refractivity contribution is 0.0634. The molecule has 8 aromatic rings. The minimum atomic E-state index is -3.66. The highest BCUT2D eigenvalue weighted by Gasteiger charge is 2.27. The number of carbonyl (C=O) groups excluding carboxylic acids is 3. The van der Waals surface area contributed by atoms with Crippen LogP contribution in [-0.4, -0.2) is 83.0 Å². The molecule has 0 spiro atoms. The lowest BCUT2D eigenvalue weighted by Crippen LogP contribution is -2.31. The number of ether oxygens (including phenoxy) is 1. The number of hydrogen-bond donors (Lipinski definition) is 4. The summed E-state index contributed by atoms with van der Waals surface area (Å²) in [6, 6.07) is 33.0. The van der Waals surface area contributed by atoms with Gasteiger partial charge in [-0.1, -0.05) is 48.5 Å². The first-order valence-corrected chi connectivity index (χ1v) is 26.3. The van der Waals surface area contributed by atoms with Gasteiger partial charge in [0.05, 0.1) is 69.6 Å². The van der Waals surface area contributed by atoms with Crippen LogP contribution >= 0.6 is 0 Å². The summed E-state index contributed by atoms with van der Waals surface area (Å²) >= 11 is 0. The third-order valence-corrected chi connectivity index (χ3v) is 13.3. The maximum Gasteiger partial charge on any atom is 0.413 e. The van der Waals surface area contributed by atoms with Crippen LogP contribution < -0.4 is 20.9 Å². The van der Waals surface area contributed by atoms with Gasteiger partial charge in [-0.2, -0.15) is 0 Å². The highest BCUT2D eigenvalue weighted by molar-refractivity contribution is 7.91. The highest BCUT2D eigenvalue weighted by Crippen LogP contribution is 2.32. The summed E-state index contributed by atoms with van der Waals surface area (Å²) < 4.78 is 55.4. The van der Waals surface area contributed by atoms with E-state index in [9.17, 15) is 41.4 Å². The Labute approximate surface area is 422 Å². The molecule has 0 bridgehead atoms. The summed E-state index contributed by atoms with van der Waals surface area (Å²) in [6.07, 6.45) is 7.47. The van der Waals surface area contributed by atoms with Crippen LogP contribution in [0.4, 0.5) is 27.8 Å². The molecule has 0 aliphatic heterocycles. The number of aliphatic hydroxyl groups excluding tert-OH is 2. The van der Waals surface area contributed by atoms with Crippen LogP contribution in [0.2, 0.25) is 0 Å². The fourth-order valence-corrected chi connectivity index (χ4v) is 9.59. The van der Waals surface area contributed by atoms with E-state index in [1.807, 2.05) is 6.07 Å². The number of nitrogens with two attached hydrogens (primary N) is 1. The number of rotatable bonds is 13. The van der Waals surface area contributed by atoms with E-state index in [0.29, 0.717) is 44.2 Å². The van der Waals surface area contributed by atoms with Gasteiger partial charge in [0.25, 0.3) is 11.8 Å². The number of fused-ring (bicyclic) bond motifs is 2. The minimum absolute atomic E-state index is 0.00998. The highest BCUT2D eigenvalue weighted by atomic mass is 32.2. The van der Waals surface area contributed by atoms with Crippen molar-refractivity contribution in [2.75, 3.05) is 33.4 Å². The standard InChI is InChI=1S/C29H30N4O6S.C24H22N4O4S/c1-29(2,3)39-28(36)32-26-15-21(18-34)22-12-11-19(14-23(22)31-26)17-33(27(35)20-8-7-13-30-16-20)24-9-5-6-10-25(24)40(4,37)38;1-33(31,32)22-7-3-2-6-21(22)28(24(30)17-5-4-10-26-13-17)14-16-8-9-19-18(15-29)12-23(25)27-20(19)11-16/h5-16,34H,17-18H2,1-4H3,(H,31,32,36);2-13,29H,14-15H2,1H3,(H2,25,27). The van der Waals surface area contributed by atoms with E-state index in [1.54, 1.807) is 136 Å². The second-order valence-corrected chi connectivity index (χ2v) is 21.7. The van der Waals surface area contributed by atoms with Crippen LogP contribution in [0.5, 0.6) is 0 Å². The molecule has 376 valence electrons. The summed E-state index contributed by atoms with van der Waals surface area (Å²) in [5.74, 6) is -0.368. The fourth-order valence-electron chi connectivity index (χ4n) is 7.82. The van der Waals surface area contributed by atoms with Crippen molar-refractivity contribution in [2.24, 2.45) is 0 Å². The van der Waals surface area contributed by atoms with Gasteiger partial charge in [0.2, 0.25) is 0 Å². The lowest BCUT2D eigenvalue weighted by atomic mass is 10.1. The molecule has 4 aromatic heterocycles. The SMILES string of the molecule is CC(C)(C)OC(=O)Nc1cc(CO)c2ccc(CN(C(=O)c3cccnc3)c3ccccc3S(C)(=O)=O)cc2n1.CS(=O)(=O)c1ccccc1N(Cc1ccc2c(CO)cc(N)nc2c1)C(=O)c1cccnc1. The first-order chi connectivity index (χ1) is 34.6. The van der Waals surface area contributed by atoms with Gasteiger partial charge in [-0.3, -0.25) is 24.9 Å². The molecule has 0 atom stereocenters. The molecule has 0 aliphatic rings. The Hall–Kier alpha value is -8.17. The first-order valence-electron chi connectivity index (χ1n) is 22.5. The van der Waals surface area contributed by atoms with Gasteiger partial charge < -0.3 is 30.5 Å². The van der Waals surface area contributed by atoms with Crippen molar-refractivity contribution in [3.05, 3.63) is 179 Å². The summed E-state index contributed by atoms with van der Waals surface area (Å²) in [5.41, 5.74) is 9.84. The van der Waals surface area contributed by atoms with E-state index < -0.39 is 43.2 Å². The number of sulfone groups is 2. The van der Waals surface area contributed by atoms with Gasteiger partial charge in [-0.15, -0.1) is 0 Å². The zero-order valence-corrected chi connectivity index (χ0v) is 42.1. The summed E-state index contributed by atoms with van der Waals surface area (Å²) in [7, 11) is -7.26. The Balaban J connectivity index is 0.000000218. The number of aliphatic hydroxyl groups is 2. The summed E-state index contributed by atoms with van der Waals surface area (Å²) in [5, 5.41) is 23.6. The summed E-state index contributed by atoms with van der Waals surface area (Å²) in [6.45, 7) is 4.84. The van der Waals surface area contributed by atoms with E-state index in [2.05, 4.69) is 25.3 Å². The van der Waals surface area contributed by atoms with E-state index in [4.69, 9.17) is 10.5 Å². The van der Waals surface area contributed by atoms with Crippen molar-refractivity contribution in [3.8, 4) is 0 Å². The Morgan fingerprint density at radius 2 is 1.07 bits per heavy atom. The molecule has 4 heterocycles. The fraction of sp³-hybridized carbons (Fsp3) is 0.189. The Morgan fingerprint density at radius 3 is 1.49 bits per heavy atom. The number of nitrogens with one attached hydrogen (secondary N) is 1. The Kier molecular flexibility index (Phi) is 15.9. The van der Waals surface area contributed by atoms with Crippen LogP contribution in [-0.2, 0) is 50.7 Å². The zero-order chi connectivity index (χ0) is 52.7. The number of benzene rings is 4. The molecule has 0 aliphatic carbocycles. The average Bonchev–Trinajstić information content (AvgIpc) is 3.35. The zero-order valence-electron chi connectivity index (χ0n) is 40.4. The molecular weight excluding hydrogens is 973 g/mol. The molecule has 0 saturated heterocycles. The van der Waals surface area contributed by atoms with E-state index >= 15 is 0 Å². The number of pyridine rings is 4. The van der Waals surface area contributed by atoms with Gasteiger partial charge >= 0.3 is 6.09 Å². The third-order valence-electron chi connectivity index (χ3n) is 11.0. The largest absolute Gasteiger partial charge is 0.444 e. The maximum absolute atomic E-state index is 13.7. The van der Waals surface area contributed by atoms with E-state index in [-0.39, 0.29) is 64.7 Å². The van der Waals surface area contributed by atoms with Crippen molar-refractivity contribution in [2.45, 2.75) is 62.5 Å². The van der Waals surface area contributed by atoms with Crippen molar-refractivity contribution in [1.82, 2.24) is 19.9 Å². The molecule has 0 fully saturated rings. The molecule has 3 amide bonds. The number of nitrogens with zero attached hydrogens (tertiary/aromatic N) is 6. The Morgan fingerprint density at radius 1 is 0.616 bits per heavy atom. The molecule has 0 unspecified atom stereocenters. The van der Waals surface area contributed by atoms with E-state index in [0.717, 1.165) is 17.9 Å². The molecule has 0 saturated carbocycles. The maximum atomic E-state index is 13.7.